The van der Waals surface area contributed by atoms with E-state index in [-0.39, 0.29) is 10.8 Å². The first-order chi connectivity index (χ1) is 11.5. The minimum Gasteiger partial charge on any atom is -0.497 e. The van der Waals surface area contributed by atoms with Crippen LogP contribution in [0.3, 0.4) is 0 Å². The summed E-state index contributed by atoms with van der Waals surface area (Å²) in [4.78, 5) is 13.6. The molecule has 0 saturated carbocycles. The van der Waals surface area contributed by atoms with Crippen molar-refractivity contribution in [2.24, 2.45) is 0 Å². The summed E-state index contributed by atoms with van der Waals surface area (Å²) in [7, 11) is -2.14. The highest BCUT2D eigenvalue weighted by atomic mass is 32.2. The third kappa shape index (κ3) is 3.35. The molecule has 1 fully saturated rings. The van der Waals surface area contributed by atoms with E-state index >= 15 is 0 Å². The van der Waals surface area contributed by atoms with E-state index < -0.39 is 10.0 Å². The Labute approximate surface area is 141 Å². The van der Waals surface area contributed by atoms with Gasteiger partial charge in [0.05, 0.1) is 12.0 Å². The van der Waals surface area contributed by atoms with E-state index in [1.165, 1.54) is 19.2 Å². The van der Waals surface area contributed by atoms with Crippen LogP contribution in [0.2, 0.25) is 0 Å². The molecule has 2 aromatic rings. The van der Waals surface area contributed by atoms with Crippen molar-refractivity contribution in [1.29, 1.82) is 0 Å². The first-order valence-corrected chi connectivity index (χ1v) is 9.05. The Morgan fingerprint density at radius 2 is 1.71 bits per heavy atom. The Hall–Kier alpha value is -2.54. The number of carbonyl (C=O) groups is 1. The van der Waals surface area contributed by atoms with Gasteiger partial charge in [0.2, 0.25) is 5.91 Å². The molecule has 0 atom stereocenters. The Morgan fingerprint density at radius 3 is 2.25 bits per heavy atom. The molecule has 2 aromatic carbocycles. The Balaban J connectivity index is 1.75. The van der Waals surface area contributed by atoms with Crippen molar-refractivity contribution >= 4 is 27.3 Å². The number of nitrogens with zero attached hydrogens (tertiary/aromatic N) is 1. The fourth-order valence-electron chi connectivity index (χ4n) is 2.60. The predicted octanol–water partition coefficient (Wildman–Crippen LogP) is 2.62. The average Bonchev–Trinajstić information content (AvgIpc) is 3.01. The number of amides is 1. The second-order valence-electron chi connectivity index (χ2n) is 5.48. The van der Waals surface area contributed by atoms with Crippen LogP contribution in [0.25, 0.3) is 0 Å². The molecule has 0 unspecified atom stereocenters. The average molecular weight is 346 g/mol. The van der Waals surface area contributed by atoms with Crippen LogP contribution in [0.4, 0.5) is 11.4 Å². The maximum Gasteiger partial charge on any atom is 0.261 e. The van der Waals surface area contributed by atoms with Gasteiger partial charge in [-0.15, -0.1) is 0 Å². The second kappa shape index (κ2) is 6.52. The molecule has 1 heterocycles. The van der Waals surface area contributed by atoms with Gasteiger partial charge in [0.1, 0.15) is 5.75 Å². The van der Waals surface area contributed by atoms with E-state index in [2.05, 4.69) is 4.72 Å². The molecular formula is C17H18N2O4S. The smallest absolute Gasteiger partial charge is 0.261 e. The number of anilines is 2. The van der Waals surface area contributed by atoms with E-state index in [4.69, 9.17) is 4.74 Å². The van der Waals surface area contributed by atoms with Gasteiger partial charge >= 0.3 is 0 Å². The summed E-state index contributed by atoms with van der Waals surface area (Å²) in [5.74, 6) is 0.690. The molecule has 3 rings (SSSR count). The fraction of sp³-hybridized carbons (Fsp3) is 0.235. The van der Waals surface area contributed by atoms with Gasteiger partial charge in [-0.3, -0.25) is 9.52 Å². The van der Waals surface area contributed by atoms with E-state index in [0.29, 0.717) is 24.4 Å². The summed E-state index contributed by atoms with van der Waals surface area (Å²) in [6, 6.07) is 13.0. The van der Waals surface area contributed by atoms with Gasteiger partial charge in [0.25, 0.3) is 10.0 Å². The number of benzene rings is 2. The lowest BCUT2D eigenvalue weighted by Gasteiger charge is -2.16. The topological polar surface area (TPSA) is 75.7 Å². The molecule has 126 valence electrons. The normalized spacial score (nSPS) is 14.7. The van der Waals surface area contributed by atoms with E-state index in [1.807, 2.05) is 0 Å². The molecule has 0 aliphatic carbocycles. The molecule has 7 heteroatoms. The highest BCUT2D eigenvalue weighted by Crippen LogP contribution is 2.24. The number of ether oxygens (including phenoxy) is 1. The summed E-state index contributed by atoms with van der Waals surface area (Å²) in [6.07, 6.45) is 1.41. The zero-order valence-electron chi connectivity index (χ0n) is 13.2. The first kappa shape index (κ1) is 16.3. The van der Waals surface area contributed by atoms with Crippen LogP contribution < -0.4 is 14.4 Å². The number of carbonyl (C=O) groups excluding carboxylic acids is 1. The molecule has 24 heavy (non-hydrogen) atoms. The SMILES string of the molecule is COc1ccc(S(=O)(=O)Nc2ccc(N3CCCC3=O)cc2)cc1. The molecule has 0 bridgehead atoms. The van der Waals surface area contributed by atoms with Crippen LogP contribution >= 0.6 is 0 Å². The Kier molecular flexibility index (Phi) is 4.44. The summed E-state index contributed by atoms with van der Waals surface area (Å²) in [5.41, 5.74) is 1.23. The quantitative estimate of drug-likeness (QED) is 0.903. The highest BCUT2D eigenvalue weighted by molar-refractivity contribution is 7.92. The lowest BCUT2D eigenvalue weighted by molar-refractivity contribution is -0.117. The molecule has 1 amide bonds. The number of sulfonamides is 1. The Bertz CT molecular complexity index is 830. The number of hydrogen-bond donors (Lipinski definition) is 1. The van der Waals surface area contributed by atoms with Crippen molar-refractivity contribution < 1.29 is 17.9 Å². The zero-order valence-corrected chi connectivity index (χ0v) is 14.0. The molecule has 1 saturated heterocycles. The molecule has 0 spiro atoms. The largest absolute Gasteiger partial charge is 0.497 e. The van der Waals surface area contributed by atoms with Gasteiger partial charge < -0.3 is 9.64 Å². The van der Waals surface area contributed by atoms with Crippen molar-refractivity contribution in [3.05, 3.63) is 48.5 Å². The van der Waals surface area contributed by atoms with Crippen LogP contribution in [-0.2, 0) is 14.8 Å². The van der Waals surface area contributed by atoms with Crippen molar-refractivity contribution in [2.75, 3.05) is 23.3 Å². The fourth-order valence-corrected chi connectivity index (χ4v) is 3.66. The molecule has 0 aromatic heterocycles. The van der Waals surface area contributed by atoms with Gasteiger partial charge in [-0.25, -0.2) is 8.42 Å². The zero-order chi connectivity index (χ0) is 17.2. The number of rotatable bonds is 5. The lowest BCUT2D eigenvalue weighted by Crippen LogP contribution is -2.23. The monoisotopic (exact) mass is 346 g/mol. The van der Waals surface area contributed by atoms with Crippen molar-refractivity contribution in [2.45, 2.75) is 17.7 Å². The summed E-state index contributed by atoms with van der Waals surface area (Å²) < 4.78 is 32.3. The summed E-state index contributed by atoms with van der Waals surface area (Å²) >= 11 is 0. The van der Waals surface area contributed by atoms with Gasteiger partial charge in [-0.05, 0) is 55.0 Å². The van der Waals surface area contributed by atoms with Crippen LogP contribution in [0, 0.1) is 0 Å². The van der Waals surface area contributed by atoms with Gasteiger partial charge in [-0.2, -0.15) is 0 Å². The molecule has 1 N–H and O–H groups in total. The van der Waals surface area contributed by atoms with Gasteiger partial charge in [-0.1, -0.05) is 0 Å². The second-order valence-corrected chi connectivity index (χ2v) is 7.16. The third-order valence-corrected chi connectivity index (χ3v) is 5.27. The highest BCUT2D eigenvalue weighted by Gasteiger charge is 2.21. The molecule has 6 nitrogen and oxygen atoms in total. The first-order valence-electron chi connectivity index (χ1n) is 7.57. The van der Waals surface area contributed by atoms with Gasteiger partial charge in [0, 0.05) is 24.3 Å². The lowest BCUT2D eigenvalue weighted by atomic mass is 10.2. The molecule has 1 aliphatic rings. The van der Waals surface area contributed by atoms with E-state index in [1.54, 1.807) is 41.3 Å². The maximum absolute atomic E-state index is 12.4. The summed E-state index contributed by atoms with van der Waals surface area (Å²) in [5, 5.41) is 0. The molecule has 0 radical (unpaired) electrons. The predicted molar refractivity (Wildman–Crippen MR) is 91.8 cm³/mol. The van der Waals surface area contributed by atoms with E-state index in [0.717, 1.165) is 12.1 Å². The number of methoxy groups -OCH3 is 1. The van der Waals surface area contributed by atoms with Crippen LogP contribution in [0.5, 0.6) is 5.75 Å². The van der Waals surface area contributed by atoms with Crippen LogP contribution in [0.1, 0.15) is 12.8 Å². The Morgan fingerprint density at radius 1 is 1.04 bits per heavy atom. The number of hydrogen-bond acceptors (Lipinski definition) is 4. The van der Waals surface area contributed by atoms with Crippen LogP contribution in [0.15, 0.2) is 53.4 Å². The van der Waals surface area contributed by atoms with Crippen molar-refractivity contribution in [3.8, 4) is 5.75 Å². The maximum atomic E-state index is 12.4. The van der Waals surface area contributed by atoms with Gasteiger partial charge in [0.15, 0.2) is 0 Å². The number of nitrogens with one attached hydrogen (secondary N) is 1. The third-order valence-electron chi connectivity index (χ3n) is 3.87. The van der Waals surface area contributed by atoms with Crippen LogP contribution in [-0.4, -0.2) is 28.0 Å². The summed E-state index contributed by atoms with van der Waals surface area (Å²) in [6.45, 7) is 0.704. The van der Waals surface area contributed by atoms with Crippen molar-refractivity contribution in [3.63, 3.8) is 0 Å². The standard InChI is InChI=1S/C17H18N2O4S/c1-23-15-8-10-16(11-9-15)24(21,22)18-13-4-6-14(7-5-13)19-12-2-3-17(19)20/h4-11,18H,2-3,12H2,1H3. The molecule has 1 aliphatic heterocycles. The minimum absolute atomic E-state index is 0.0987. The minimum atomic E-state index is -3.67. The molecular weight excluding hydrogens is 328 g/mol. The van der Waals surface area contributed by atoms with E-state index in [9.17, 15) is 13.2 Å². The van der Waals surface area contributed by atoms with Crippen molar-refractivity contribution in [1.82, 2.24) is 0 Å².